The van der Waals surface area contributed by atoms with Gasteiger partial charge in [0.05, 0.1) is 0 Å². The summed E-state index contributed by atoms with van der Waals surface area (Å²) in [6.45, 7) is 4.45. The minimum absolute atomic E-state index is 1.20. The molecule has 7 aromatic rings. The Kier molecular flexibility index (Phi) is 9.07. The zero-order valence-corrected chi connectivity index (χ0v) is 27.5. The van der Waals surface area contributed by atoms with E-state index in [4.69, 9.17) is 0 Å². The summed E-state index contributed by atoms with van der Waals surface area (Å²) in [5.74, 6) is 0. The average Bonchev–Trinajstić information content (AvgIpc) is 3.16. The fraction of sp³-hybridized carbons (Fsp3) is 0.0417. The van der Waals surface area contributed by atoms with Crippen LogP contribution in [0.15, 0.2) is 182 Å². The van der Waals surface area contributed by atoms with Crippen molar-refractivity contribution >= 4 is 23.3 Å². The molecule has 0 aliphatic rings. The molecule has 0 saturated carbocycles. The van der Waals surface area contributed by atoms with E-state index in [-0.39, 0.29) is 0 Å². The molecule has 230 valence electrons. The molecule has 0 aromatic heterocycles. The van der Waals surface area contributed by atoms with Crippen LogP contribution in [0.1, 0.15) is 44.5 Å². The second-order valence-electron chi connectivity index (χ2n) is 12.3. The van der Waals surface area contributed by atoms with E-state index in [9.17, 15) is 0 Å². The number of benzene rings is 7. The molecule has 0 N–H and O–H groups in total. The Bertz CT molecular complexity index is 2010. The Hall–Kier alpha value is -5.98. The minimum Gasteiger partial charge on any atom is -0.0622 e. The first-order valence-electron chi connectivity index (χ1n) is 16.6. The summed E-state index contributed by atoms with van der Waals surface area (Å²) in [7, 11) is 0. The Morgan fingerprint density at radius 3 is 0.917 bits per heavy atom. The van der Waals surface area contributed by atoms with Gasteiger partial charge in [-0.15, -0.1) is 0 Å². The van der Waals surface area contributed by atoms with E-state index in [0.717, 1.165) is 0 Å². The minimum atomic E-state index is 1.20. The van der Waals surface area contributed by atoms with Crippen molar-refractivity contribution in [1.82, 2.24) is 0 Å². The maximum absolute atomic E-state index is 2.35. The molecule has 0 atom stereocenters. The standard InChI is InChI=1S/C48H38/c1-35-31-46(34-48(42-21-13-6-14-22-42)44-29-25-40(26-30-44)38-17-9-4-10-18-38)36(2)32-45(35)33-47(41-19-11-5-12-20-41)43-27-23-39(24-28-43)37-15-7-3-8-16-37/h3-34H,1-2H3. The Labute approximate surface area is 285 Å². The number of rotatable bonds is 8. The van der Waals surface area contributed by atoms with Gasteiger partial charge in [0.15, 0.2) is 0 Å². The highest BCUT2D eigenvalue weighted by atomic mass is 14.2. The number of aryl methyl sites for hydroxylation is 2. The lowest BCUT2D eigenvalue weighted by Crippen LogP contribution is -1.94. The van der Waals surface area contributed by atoms with Gasteiger partial charge in [-0.1, -0.05) is 182 Å². The number of hydrogen-bond donors (Lipinski definition) is 0. The summed E-state index contributed by atoms with van der Waals surface area (Å²) in [6.07, 6.45) is 4.70. The van der Waals surface area contributed by atoms with Crippen molar-refractivity contribution < 1.29 is 0 Å². The highest BCUT2D eigenvalue weighted by Crippen LogP contribution is 2.33. The van der Waals surface area contributed by atoms with Crippen molar-refractivity contribution in [2.45, 2.75) is 13.8 Å². The van der Waals surface area contributed by atoms with Gasteiger partial charge < -0.3 is 0 Å². The first kappa shape index (κ1) is 30.7. The summed E-state index contributed by atoms with van der Waals surface area (Å²) in [6, 6.07) is 65.1. The topological polar surface area (TPSA) is 0 Å². The van der Waals surface area contributed by atoms with Crippen LogP contribution in [-0.4, -0.2) is 0 Å². The lowest BCUT2D eigenvalue weighted by Gasteiger charge is -2.14. The molecule has 0 unspecified atom stereocenters. The van der Waals surface area contributed by atoms with E-state index >= 15 is 0 Å². The molecule has 0 heteroatoms. The number of hydrogen-bond acceptors (Lipinski definition) is 0. The van der Waals surface area contributed by atoms with Gasteiger partial charge in [-0.2, -0.15) is 0 Å². The van der Waals surface area contributed by atoms with Crippen molar-refractivity contribution in [3.05, 3.63) is 226 Å². The quantitative estimate of drug-likeness (QED) is 0.149. The van der Waals surface area contributed by atoms with Gasteiger partial charge in [0.2, 0.25) is 0 Å². The van der Waals surface area contributed by atoms with Crippen LogP contribution in [0, 0.1) is 13.8 Å². The van der Waals surface area contributed by atoms with Crippen LogP contribution in [0.3, 0.4) is 0 Å². The highest BCUT2D eigenvalue weighted by Gasteiger charge is 2.11. The van der Waals surface area contributed by atoms with Gasteiger partial charge in [0.25, 0.3) is 0 Å². The fourth-order valence-corrected chi connectivity index (χ4v) is 6.33. The van der Waals surface area contributed by atoms with Gasteiger partial charge in [-0.05, 0) is 104 Å². The van der Waals surface area contributed by atoms with E-state index in [1.54, 1.807) is 0 Å². The lowest BCUT2D eigenvalue weighted by molar-refractivity contribution is 1.35. The molecule has 7 rings (SSSR count). The van der Waals surface area contributed by atoms with Crippen molar-refractivity contribution in [3.8, 4) is 22.3 Å². The third-order valence-corrected chi connectivity index (χ3v) is 9.03. The smallest absolute Gasteiger partial charge is 0.0105 e. The molecule has 0 radical (unpaired) electrons. The van der Waals surface area contributed by atoms with E-state index in [1.807, 2.05) is 0 Å². The third-order valence-electron chi connectivity index (χ3n) is 9.03. The average molecular weight is 615 g/mol. The Morgan fingerprint density at radius 2 is 0.583 bits per heavy atom. The SMILES string of the molecule is Cc1cc(C=C(c2ccccc2)c2ccc(-c3ccccc3)cc2)c(C)cc1C=C(c1ccccc1)c1ccc(-c2ccccc2)cc1. The molecule has 0 amide bonds. The monoisotopic (exact) mass is 614 g/mol. The van der Waals surface area contributed by atoms with Crippen molar-refractivity contribution in [3.63, 3.8) is 0 Å². The summed E-state index contributed by atoms with van der Waals surface area (Å²) in [4.78, 5) is 0. The summed E-state index contributed by atoms with van der Waals surface area (Å²) in [5, 5.41) is 0. The normalized spacial score (nSPS) is 11.8. The second kappa shape index (κ2) is 14.2. The highest BCUT2D eigenvalue weighted by molar-refractivity contribution is 5.94. The Balaban J connectivity index is 1.27. The predicted molar refractivity (Wildman–Crippen MR) is 207 cm³/mol. The molecule has 0 spiro atoms. The van der Waals surface area contributed by atoms with E-state index < -0.39 is 0 Å². The van der Waals surface area contributed by atoms with Crippen LogP contribution in [0.4, 0.5) is 0 Å². The summed E-state index contributed by atoms with van der Waals surface area (Å²) in [5.41, 5.74) is 17.1. The van der Waals surface area contributed by atoms with Gasteiger partial charge in [0.1, 0.15) is 0 Å². The van der Waals surface area contributed by atoms with E-state index in [1.165, 1.54) is 77.9 Å². The van der Waals surface area contributed by atoms with E-state index in [2.05, 4.69) is 208 Å². The second-order valence-corrected chi connectivity index (χ2v) is 12.3. The summed E-state index contributed by atoms with van der Waals surface area (Å²) >= 11 is 0. The molecule has 0 fully saturated rings. The fourth-order valence-electron chi connectivity index (χ4n) is 6.33. The molecule has 0 aliphatic heterocycles. The lowest BCUT2D eigenvalue weighted by atomic mass is 9.90. The molecule has 0 saturated heterocycles. The third kappa shape index (κ3) is 6.89. The van der Waals surface area contributed by atoms with Crippen LogP contribution in [-0.2, 0) is 0 Å². The molecule has 0 aliphatic carbocycles. The molecular weight excluding hydrogens is 577 g/mol. The van der Waals surface area contributed by atoms with Crippen molar-refractivity contribution in [2.24, 2.45) is 0 Å². The predicted octanol–water partition coefficient (Wildman–Crippen LogP) is 12.8. The van der Waals surface area contributed by atoms with Crippen LogP contribution in [0.2, 0.25) is 0 Å². The zero-order valence-electron chi connectivity index (χ0n) is 27.5. The molecule has 0 bridgehead atoms. The van der Waals surface area contributed by atoms with Crippen LogP contribution >= 0.6 is 0 Å². The molecule has 0 heterocycles. The zero-order chi connectivity index (χ0) is 32.7. The molecule has 48 heavy (non-hydrogen) atoms. The van der Waals surface area contributed by atoms with Crippen LogP contribution in [0.25, 0.3) is 45.6 Å². The largest absolute Gasteiger partial charge is 0.0622 e. The molecule has 7 aromatic carbocycles. The van der Waals surface area contributed by atoms with E-state index in [0.29, 0.717) is 0 Å². The van der Waals surface area contributed by atoms with Crippen molar-refractivity contribution in [2.75, 3.05) is 0 Å². The van der Waals surface area contributed by atoms with Crippen molar-refractivity contribution in [1.29, 1.82) is 0 Å². The van der Waals surface area contributed by atoms with Gasteiger partial charge in [-0.3, -0.25) is 0 Å². The van der Waals surface area contributed by atoms with Gasteiger partial charge in [0, 0.05) is 0 Å². The molecular formula is C48H38. The first-order valence-corrected chi connectivity index (χ1v) is 16.6. The summed E-state index contributed by atoms with van der Waals surface area (Å²) < 4.78 is 0. The Morgan fingerprint density at radius 1 is 0.312 bits per heavy atom. The maximum Gasteiger partial charge on any atom is -0.0105 e. The van der Waals surface area contributed by atoms with Gasteiger partial charge >= 0.3 is 0 Å². The van der Waals surface area contributed by atoms with Crippen LogP contribution < -0.4 is 0 Å². The van der Waals surface area contributed by atoms with Crippen LogP contribution in [0.5, 0.6) is 0 Å². The maximum atomic E-state index is 2.35. The molecule has 0 nitrogen and oxygen atoms in total. The first-order chi connectivity index (χ1) is 23.6. The van der Waals surface area contributed by atoms with Gasteiger partial charge in [-0.25, -0.2) is 0 Å².